The number of hydrogen-bond acceptors (Lipinski definition) is 2. The molecule has 4 heteroatoms. The minimum Gasteiger partial charge on any atom is -0.366 e. The van der Waals surface area contributed by atoms with Gasteiger partial charge in [-0.3, -0.25) is 4.99 Å². The number of anilines is 1. The van der Waals surface area contributed by atoms with E-state index in [0.717, 1.165) is 24.9 Å². The second-order valence-corrected chi connectivity index (χ2v) is 8.14. The number of benzene rings is 2. The zero-order valence-corrected chi connectivity index (χ0v) is 16.6. The zero-order valence-electron chi connectivity index (χ0n) is 15.9. The first-order chi connectivity index (χ1) is 12.3. The quantitative estimate of drug-likeness (QED) is 0.543. The Morgan fingerprint density at radius 2 is 1.96 bits per heavy atom. The first-order valence-corrected chi connectivity index (χ1v) is 9.60. The van der Waals surface area contributed by atoms with Gasteiger partial charge in [0, 0.05) is 29.5 Å². The van der Waals surface area contributed by atoms with Gasteiger partial charge in [-0.2, -0.15) is 0 Å². The molecule has 138 valence electrons. The fourth-order valence-electron chi connectivity index (χ4n) is 3.94. The lowest BCUT2D eigenvalue weighted by atomic mass is 9.79. The largest absolute Gasteiger partial charge is 0.366 e. The van der Waals surface area contributed by atoms with Crippen LogP contribution >= 0.6 is 11.6 Å². The summed E-state index contributed by atoms with van der Waals surface area (Å²) in [6.07, 6.45) is 3.98. The van der Waals surface area contributed by atoms with Crippen LogP contribution in [0, 0.1) is 5.82 Å². The summed E-state index contributed by atoms with van der Waals surface area (Å²) in [6, 6.07) is 10.4. The van der Waals surface area contributed by atoms with Gasteiger partial charge in [0.15, 0.2) is 0 Å². The van der Waals surface area contributed by atoms with Crippen LogP contribution in [0.2, 0.25) is 5.02 Å². The Morgan fingerprint density at radius 3 is 2.62 bits per heavy atom. The van der Waals surface area contributed by atoms with Gasteiger partial charge in [0.2, 0.25) is 0 Å². The highest BCUT2D eigenvalue weighted by Gasteiger charge is 2.36. The van der Waals surface area contributed by atoms with E-state index in [1.807, 2.05) is 0 Å². The first kappa shape index (κ1) is 18.9. The summed E-state index contributed by atoms with van der Waals surface area (Å²) < 4.78 is 13.0. The first-order valence-electron chi connectivity index (χ1n) is 9.22. The fourth-order valence-corrected chi connectivity index (χ4v) is 4.14. The van der Waals surface area contributed by atoms with Gasteiger partial charge in [0.25, 0.3) is 0 Å². The molecule has 1 heterocycles. The van der Waals surface area contributed by atoms with Crippen LogP contribution < -0.4 is 4.90 Å². The van der Waals surface area contributed by atoms with Crippen molar-refractivity contribution in [3.05, 3.63) is 58.4 Å². The van der Waals surface area contributed by atoms with Gasteiger partial charge in [-0.25, -0.2) is 4.39 Å². The average molecular weight is 373 g/mol. The molecule has 0 bridgehead atoms. The predicted octanol–water partition coefficient (Wildman–Crippen LogP) is 6.73. The van der Waals surface area contributed by atoms with E-state index in [9.17, 15) is 4.39 Å². The maximum atomic E-state index is 13.0. The Morgan fingerprint density at radius 1 is 1.27 bits per heavy atom. The monoisotopic (exact) mass is 372 g/mol. The van der Waals surface area contributed by atoms with Crippen molar-refractivity contribution in [3.63, 3.8) is 0 Å². The van der Waals surface area contributed by atoms with Crippen LogP contribution in [0.4, 0.5) is 15.8 Å². The summed E-state index contributed by atoms with van der Waals surface area (Å²) in [5.74, 6) is 0.201. The minimum atomic E-state index is -0.261. The molecule has 0 aromatic heterocycles. The molecule has 0 amide bonds. The topological polar surface area (TPSA) is 15.6 Å². The van der Waals surface area contributed by atoms with Crippen molar-refractivity contribution in [2.24, 2.45) is 4.99 Å². The van der Waals surface area contributed by atoms with Crippen molar-refractivity contribution in [2.75, 3.05) is 11.4 Å². The highest BCUT2D eigenvalue weighted by molar-refractivity contribution is 6.33. The molecule has 0 saturated heterocycles. The number of nitrogens with zero attached hydrogens (tertiary/aromatic N) is 2. The number of fused-ring (bicyclic) bond motifs is 1. The van der Waals surface area contributed by atoms with E-state index >= 15 is 0 Å². The van der Waals surface area contributed by atoms with E-state index in [2.05, 4.69) is 49.7 Å². The summed E-state index contributed by atoms with van der Waals surface area (Å²) in [5, 5.41) is 0.695. The van der Waals surface area contributed by atoms with Gasteiger partial charge in [0.1, 0.15) is 5.82 Å². The Balaban J connectivity index is 1.98. The van der Waals surface area contributed by atoms with Crippen molar-refractivity contribution in [3.8, 4) is 0 Å². The summed E-state index contributed by atoms with van der Waals surface area (Å²) in [6.45, 7) is 10.1. The summed E-state index contributed by atoms with van der Waals surface area (Å²) in [5.41, 5.74) is 4.29. The standard InChI is InChI=1S/C22H26ClFN2/c1-5-10-26-21-12-20(23)16(11-19(21)15(2)13-22(26,3)4)14-25-18-8-6-17(24)7-9-18/h6-9,11-12,14-15H,5,10,13H2,1-4H3. The second-order valence-electron chi connectivity index (χ2n) is 7.74. The Kier molecular flexibility index (Phi) is 5.38. The lowest BCUT2D eigenvalue weighted by molar-refractivity contribution is 0.376. The number of hydrogen-bond donors (Lipinski definition) is 0. The molecule has 2 aromatic rings. The predicted molar refractivity (Wildman–Crippen MR) is 110 cm³/mol. The van der Waals surface area contributed by atoms with E-state index in [-0.39, 0.29) is 11.4 Å². The van der Waals surface area contributed by atoms with Crippen molar-refractivity contribution in [1.82, 2.24) is 0 Å². The number of rotatable bonds is 4. The molecule has 0 radical (unpaired) electrons. The van der Waals surface area contributed by atoms with Crippen LogP contribution in [0.5, 0.6) is 0 Å². The molecule has 0 fully saturated rings. The van der Waals surface area contributed by atoms with Gasteiger partial charge in [-0.05, 0) is 74.6 Å². The lowest BCUT2D eigenvalue weighted by Gasteiger charge is -2.47. The molecular weight excluding hydrogens is 347 g/mol. The van der Waals surface area contributed by atoms with E-state index < -0.39 is 0 Å². The molecule has 1 aliphatic heterocycles. The van der Waals surface area contributed by atoms with E-state index in [4.69, 9.17) is 11.6 Å². The smallest absolute Gasteiger partial charge is 0.123 e. The molecule has 1 aliphatic rings. The lowest BCUT2D eigenvalue weighted by Crippen LogP contribution is -2.48. The zero-order chi connectivity index (χ0) is 18.9. The molecule has 0 saturated carbocycles. The molecule has 26 heavy (non-hydrogen) atoms. The van der Waals surface area contributed by atoms with Crippen molar-refractivity contribution >= 4 is 29.2 Å². The Hall–Kier alpha value is -1.87. The van der Waals surface area contributed by atoms with Crippen LogP contribution in [0.3, 0.4) is 0 Å². The molecular formula is C22H26ClFN2. The third-order valence-electron chi connectivity index (χ3n) is 5.13. The Bertz CT molecular complexity index is 812. The molecule has 0 aliphatic carbocycles. The highest BCUT2D eigenvalue weighted by atomic mass is 35.5. The fraction of sp³-hybridized carbons (Fsp3) is 0.409. The van der Waals surface area contributed by atoms with Crippen molar-refractivity contribution in [1.29, 1.82) is 0 Å². The third-order valence-corrected chi connectivity index (χ3v) is 5.46. The summed E-state index contributed by atoms with van der Waals surface area (Å²) >= 11 is 6.58. The molecule has 1 unspecified atom stereocenters. The molecule has 0 N–H and O–H groups in total. The van der Waals surface area contributed by atoms with Crippen LogP contribution in [0.15, 0.2) is 41.4 Å². The third kappa shape index (κ3) is 3.78. The van der Waals surface area contributed by atoms with E-state index in [1.54, 1.807) is 18.3 Å². The second kappa shape index (κ2) is 7.40. The van der Waals surface area contributed by atoms with Gasteiger partial charge in [-0.15, -0.1) is 0 Å². The van der Waals surface area contributed by atoms with Gasteiger partial charge in [-0.1, -0.05) is 25.4 Å². The van der Waals surface area contributed by atoms with Gasteiger partial charge < -0.3 is 4.90 Å². The molecule has 2 nitrogen and oxygen atoms in total. The highest BCUT2D eigenvalue weighted by Crippen LogP contribution is 2.45. The van der Waals surface area contributed by atoms with Gasteiger partial charge >= 0.3 is 0 Å². The van der Waals surface area contributed by atoms with Crippen molar-refractivity contribution in [2.45, 2.75) is 52.0 Å². The van der Waals surface area contributed by atoms with E-state index in [1.165, 1.54) is 23.4 Å². The van der Waals surface area contributed by atoms with Crippen LogP contribution in [0.1, 0.15) is 57.6 Å². The van der Waals surface area contributed by atoms with E-state index in [0.29, 0.717) is 16.6 Å². The number of halogens is 2. The van der Waals surface area contributed by atoms with Crippen molar-refractivity contribution < 1.29 is 4.39 Å². The average Bonchev–Trinajstić information content (AvgIpc) is 2.58. The normalized spacial score (nSPS) is 19.0. The number of aliphatic imine (C=N–C) groups is 1. The molecule has 2 aromatic carbocycles. The van der Waals surface area contributed by atoms with Crippen LogP contribution in [-0.2, 0) is 0 Å². The molecule has 1 atom stereocenters. The maximum absolute atomic E-state index is 13.0. The van der Waals surface area contributed by atoms with Gasteiger partial charge in [0.05, 0.1) is 10.7 Å². The van der Waals surface area contributed by atoms with Crippen LogP contribution in [-0.4, -0.2) is 18.3 Å². The summed E-state index contributed by atoms with van der Waals surface area (Å²) in [7, 11) is 0. The molecule has 0 spiro atoms. The summed E-state index contributed by atoms with van der Waals surface area (Å²) in [4.78, 5) is 6.93. The SMILES string of the molecule is CCCN1c2cc(Cl)c(C=Nc3ccc(F)cc3)cc2C(C)CC1(C)C. The minimum absolute atomic E-state index is 0.121. The molecule has 3 rings (SSSR count). The Labute approximate surface area is 160 Å². The maximum Gasteiger partial charge on any atom is 0.123 e. The van der Waals surface area contributed by atoms with Crippen LogP contribution in [0.25, 0.3) is 0 Å².